The second-order valence-electron chi connectivity index (χ2n) is 6.74. The van der Waals surface area contributed by atoms with Crippen LogP contribution in [0, 0.1) is 16.7 Å². The van der Waals surface area contributed by atoms with Gasteiger partial charge >= 0.3 is 0 Å². The predicted octanol–water partition coefficient (Wildman–Crippen LogP) is 2.44. The highest BCUT2D eigenvalue weighted by Gasteiger charge is 2.63. The second kappa shape index (κ2) is 6.36. The lowest BCUT2D eigenvalue weighted by Gasteiger charge is -2.12. The number of ether oxygens (including phenoxy) is 1. The molecule has 0 saturated heterocycles. The van der Waals surface area contributed by atoms with E-state index in [1.807, 2.05) is 0 Å². The van der Waals surface area contributed by atoms with Crippen molar-refractivity contribution in [2.75, 3.05) is 26.3 Å². The van der Waals surface area contributed by atoms with E-state index in [2.05, 4.69) is 39.9 Å². The number of aliphatic hydroxyl groups excluding tert-OH is 1. The first-order chi connectivity index (χ1) is 8.34. The van der Waals surface area contributed by atoms with E-state index in [1.54, 1.807) is 0 Å². The number of aliphatic hydroxyl groups is 1. The van der Waals surface area contributed by atoms with Crippen LogP contribution in [0.15, 0.2) is 0 Å². The van der Waals surface area contributed by atoms with E-state index < -0.39 is 0 Å². The molecule has 1 atom stereocenters. The van der Waals surface area contributed by atoms with Crippen LogP contribution in [0.1, 0.15) is 47.5 Å². The molecule has 0 heterocycles. The Balaban J connectivity index is 2.05. The van der Waals surface area contributed by atoms with E-state index in [-0.39, 0.29) is 6.10 Å². The zero-order valence-corrected chi connectivity index (χ0v) is 12.8. The molecule has 108 valence electrons. The maximum Gasteiger partial charge on any atom is 0.0897 e. The van der Waals surface area contributed by atoms with Gasteiger partial charge in [0.2, 0.25) is 0 Å². The van der Waals surface area contributed by atoms with Gasteiger partial charge in [0, 0.05) is 13.2 Å². The van der Waals surface area contributed by atoms with Crippen molar-refractivity contribution in [3.05, 3.63) is 0 Å². The van der Waals surface area contributed by atoms with E-state index in [0.717, 1.165) is 26.0 Å². The zero-order valence-electron chi connectivity index (χ0n) is 12.8. The van der Waals surface area contributed by atoms with Gasteiger partial charge in [-0.2, -0.15) is 0 Å². The predicted molar refractivity (Wildman–Crippen MR) is 75.7 cm³/mol. The van der Waals surface area contributed by atoms with Crippen molar-refractivity contribution in [3.8, 4) is 0 Å². The molecule has 1 unspecified atom stereocenters. The third kappa shape index (κ3) is 3.69. The van der Waals surface area contributed by atoms with Crippen LogP contribution in [0.5, 0.6) is 0 Å². The molecular weight excluding hydrogens is 226 g/mol. The van der Waals surface area contributed by atoms with Crippen LogP contribution < -0.4 is 5.32 Å². The topological polar surface area (TPSA) is 41.5 Å². The molecule has 1 rings (SSSR count). The summed E-state index contributed by atoms with van der Waals surface area (Å²) in [5, 5.41) is 13.1. The molecule has 2 N–H and O–H groups in total. The van der Waals surface area contributed by atoms with Gasteiger partial charge in [0.15, 0.2) is 0 Å². The summed E-state index contributed by atoms with van der Waals surface area (Å²) >= 11 is 0. The van der Waals surface area contributed by atoms with E-state index in [0.29, 0.717) is 29.9 Å². The molecule has 0 radical (unpaired) electrons. The number of hydrogen-bond acceptors (Lipinski definition) is 3. The van der Waals surface area contributed by atoms with Crippen molar-refractivity contribution in [2.24, 2.45) is 16.7 Å². The molecule has 0 aliphatic heterocycles. The molecule has 1 fully saturated rings. The average Bonchev–Trinajstić information content (AvgIpc) is 2.67. The molecule has 18 heavy (non-hydrogen) atoms. The Morgan fingerprint density at radius 1 is 1.22 bits per heavy atom. The molecule has 3 heteroatoms. The molecule has 0 amide bonds. The normalized spacial score (nSPS) is 23.0. The van der Waals surface area contributed by atoms with Crippen LogP contribution in [-0.2, 0) is 4.74 Å². The van der Waals surface area contributed by atoms with Gasteiger partial charge in [-0.3, -0.25) is 0 Å². The van der Waals surface area contributed by atoms with Crippen molar-refractivity contribution < 1.29 is 9.84 Å². The molecule has 1 aliphatic rings. The Kier molecular flexibility index (Phi) is 5.63. The first kappa shape index (κ1) is 15.9. The Labute approximate surface area is 112 Å². The van der Waals surface area contributed by atoms with Crippen LogP contribution in [0.3, 0.4) is 0 Å². The van der Waals surface area contributed by atoms with Gasteiger partial charge in [0.25, 0.3) is 0 Å². The van der Waals surface area contributed by atoms with Crippen LogP contribution in [0.4, 0.5) is 0 Å². The maximum absolute atomic E-state index is 9.75. The number of unbranched alkanes of at least 4 members (excludes halogenated alkanes) is 1. The molecular formula is C15H31NO2. The van der Waals surface area contributed by atoms with Gasteiger partial charge in [-0.1, -0.05) is 41.0 Å². The first-order valence-corrected chi connectivity index (χ1v) is 7.30. The molecule has 0 aromatic heterocycles. The minimum Gasteiger partial charge on any atom is -0.389 e. The van der Waals surface area contributed by atoms with E-state index in [1.165, 1.54) is 0 Å². The fourth-order valence-corrected chi connectivity index (χ4v) is 2.76. The fourth-order valence-electron chi connectivity index (χ4n) is 2.76. The molecule has 0 aromatic rings. The Hall–Kier alpha value is -0.120. The van der Waals surface area contributed by atoms with E-state index in [4.69, 9.17) is 4.74 Å². The largest absolute Gasteiger partial charge is 0.389 e. The van der Waals surface area contributed by atoms with Gasteiger partial charge in [0.05, 0.1) is 12.7 Å². The highest BCUT2D eigenvalue weighted by Crippen LogP contribution is 2.67. The summed E-state index contributed by atoms with van der Waals surface area (Å²) in [5.41, 5.74) is 0.838. The summed E-state index contributed by atoms with van der Waals surface area (Å²) in [6, 6.07) is 0. The van der Waals surface area contributed by atoms with Crippen LogP contribution in [-0.4, -0.2) is 37.5 Å². The third-order valence-corrected chi connectivity index (χ3v) is 5.00. The van der Waals surface area contributed by atoms with Crippen molar-refractivity contribution in [3.63, 3.8) is 0 Å². The number of hydrogen-bond donors (Lipinski definition) is 2. The van der Waals surface area contributed by atoms with Crippen molar-refractivity contribution in [2.45, 2.75) is 53.6 Å². The molecule has 3 nitrogen and oxygen atoms in total. The van der Waals surface area contributed by atoms with E-state index in [9.17, 15) is 5.11 Å². The quantitative estimate of drug-likeness (QED) is 0.623. The van der Waals surface area contributed by atoms with Gasteiger partial charge in [-0.25, -0.2) is 0 Å². The summed E-state index contributed by atoms with van der Waals surface area (Å²) in [4.78, 5) is 0. The lowest BCUT2D eigenvalue weighted by atomic mass is 10.0. The summed E-state index contributed by atoms with van der Waals surface area (Å²) in [6.07, 6.45) is 1.83. The smallest absolute Gasteiger partial charge is 0.0897 e. The lowest BCUT2D eigenvalue weighted by molar-refractivity contribution is 0.0357. The minimum absolute atomic E-state index is 0.383. The van der Waals surface area contributed by atoms with Crippen LogP contribution in [0.2, 0.25) is 0 Å². The summed E-state index contributed by atoms with van der Waals surface area (Å²) in [6.45, 7) is 14.3. The first-order valence-electron chi connectivity index (χ1n) is 7.30. The van der Waals surface area contributed by atoms with Crippen molar-refractivity contribution >= 4 is 0 Å². The SMILES string of the molecule is CCCCOCC(O)CNCC1C(C)(C)C1(C)C. The maximum atomic E-state index is 9.75. The van der Waals surface area contributed by atoms with Crippen molar-refractivity contribution in [1.29, 1.82) is 0 Å². The van der Waals surface area contributed by atoms with Gasteiger partial charge in [-0.15, -0.1) is 0 Å². The van der Waals surface area contributed by atoms with Crippen molar-refractivity contribution in [1.82, 2.24) is 5.32 Å². The highest BCUT2D eigenvalue weighted by atomic mass is 16.5. The zero-order chi connectivity index (χ0) is 13.8. The minimum atomic E-state index is -0.383. The monoisotopic (exact) mass is 257 g/mol. The summed E-state index contributed by atoms with van der Waals surface area (Å²) < 4.78 is 5.40. The van der Waals surface area contributed by atoms with Gasteiger partial charge in [0.1, 0.15) is 0 Å². The van der Waals surface area contributed by atoms with Gasteiger partial charge in [-0.05, 0) is 29.7 Å². The third-order valence-electron chi connectivity index (χ3n) is 5.00. The highest BCUT2D eigenvalue weighted by molar-refractivity contribution is 5.12. The standard InChI is InChI=1S/C15H31NO2/c1-6-7-8-18-11-12(17)9-16-10-13-14(2,3)15(13,4)5/h12-13,16-17H,6-11H2,1-5H3. The fraction of sp³-hybridized carbons (Fsp3) is 1.00. The Morgan fingerprint density at radius 2 is 1.83 bits per heavy atom. The average molecular weight is 257 g/mol. The summed E-state index contributed by atoms with van der Waals surface area (Å²) in [7, 11) is 0. The number of rotatable bonds is 9. The Morgan fingerprint density at radius 3 is 2.33 bits per heavy atom. The summed E-state index contributed by atoms with van der Waals surface area (Å²) in [5.74, 6) is 0.707. The molecule has 0 aromatic carbocycles. The second-order valence-corrected chi connectivity index (χ2v) is 6.74. The molecule has 1 saturated carbocycles. The van der Waals surface area contributed by atoms with Crippen LogP contribution >= 0.6 is 0 Å². The molecule has 0 bridgehead atoms. The van der Waals surface area contributed by atoms with Crippen LogP contribution in [0.25, 0.3) is 0 Å². The molecule has 0 spiro atoms. The van der Waals surface area contributed by atoms with E-state index >= 15 is 0 Å². The lowest BCUT2D eigenvalue weighted by Crippen LogP contribution is -2.32. The van der Waals surface area contributed by atoms with Gasteiger partial charge < -0.3 is 15.2 Å². The molecule has 1 aliphatic carbocycles. The number of nitrogens with one attached hydrogen (secondary N) is 1. The Bertz CT molecular complexity index is 237.